The van der Waals surface area contributed by atoms with E-state index in [1.165, 1.54) is 5.56 Å². The molecule has 2 aromatic carbocycles. The molecule has 0 fully saturated rings. The Kier molecular flexibility index (Phi) is 4.31. The van der Waals surface area contributed by atoms with Crippen molar-refractivity contribution in [3.8, 4) is 5.75 Å². The maximum absolute atomic E-state index is 12.4. The van der Waals surface area contributed by atoms with Crippen molar-refractivity contribution in [2.75, 3.05) is 6.54 Å². The third-order valence-corrected chi connectivity index (χ3v) is 4.48. The standard InChI is InChI=1S/C19H20ClNO2/c1-19(2,14-6-4-3-5-7-14)12-21-18(22)17-11-13-10-15(20)8-9-16(13)23-17/h3-10,17H,11-12H2,1-2H3,(H,21,22). The molecule has 1 heterocycles. The number of carbonyl (C=O) groups excluding carboxylic acids is 1. The number of ether oxygens (including phenoxy) is 1. The van der Waals surface area contributed by atoms with Crippen LogP contribution in [0.1, 0.15) is 25.0 Å². The average Bonchev–Trinajstić information content (AvgIpc) is 2.96. The van der Waals surface area contributed by atoms with Crippen LogP contribution in [0.4, 0.5) is 0 Å². The summed E-state index contributed by atoms with van der Waals surface area (Å²) in [6.45, 7) is 4.80. The summed E-state index contributed by atoms with van der Waals surface area (Å²) in [6.07, 6.45) is 0.0862. The summed E-state index contributed by atoms with van der Waals surface area (Å²) < 4.78 is 5.72. The first-order chi connectivity index (χ1) is 11.0. The predicted octanol–water partition coefficient (Wildman–Crippen LogP) is 3.74. The topological polar surface area (TPSA) is 38.3 Å². The van der Waals surface area contributed by atoms with Gasteiger partial charge < -0.3 is 10.1 Å². The lowest BCUT2D eigenvalue weighted by atomic mass is 9.84. The largest absolute Gasteiger partial charge is 0.480 e. The molecule has 0 bridgehead atoms. The van der Waals surface area contributed by atoms with Crippen molar-refractivity contribution in [3.63, 3.8) is 0 Å². The van der Waals surface area contributed by atoms with Crippen LogP contribution in [-0.4, -0.2) is 18.6 Å². The fourth-order valence-electron chi connectivity index (χ4n) is 2.78. The molecule has 1 atom stereocenters. The highest BCUT2D eigenvalue weighted by atomic mass is 35.5. The Morgan fingerprint density at radius 2 is 2.00 bits per heavy atom. The molecule has 3 rings (SSSR count). The molecule has 0 saturated carbocycles. The zero-order valence-electron chi connectivity index (χ0n) is 13.3. The molecule has 0 saturated heterocycles. The summed E-state index contributed by atoms with van der Waals surface area (Å²) in [5.74, 6) is 0.665. The van der Waals surface area contributed by atoms with Crippen LogP contribution in [0.25, 0.3) is 0 Å². The maximum atomic E-state index is 12.4. The van der Waals surface area contributed by atoms with E-state index in [-0.39, 0.29) is 11.3 Å². The van der Waals surface area contributed by atoms with Gasteiger partial charge in [-0.2, -0.15) is 0 Å². The number of carbonyl (C=O) groups is 1. The first-order valence-corrected chi connectivity index (χ1v) is 8.12. The van der Waals surface area contributed by atoms with E-state index in [1.807, 2.05) is 30.3 Å². The zero-order valence-corrected chi connectivity index (χ0v) is 14.1. The van der Waals surface area contributed by atoms with Crippen LogP contribution >= 0.6 is 11.6 Å². The molecule has 1 amide bonds. The van der Waals surface area contributed by atoms with Gasteiger partial charge in [0, 0.05) is 23.4 Å². The Morgan fingerprint density at radius 3 is 2.74 bits per heavy atom. The van der Waals surface area contributed by atoms with Crippen LogP contribution in [0.15, 0.2) is 48.5 Å². The summed E-state index contributed by atoms with van der Waals surface area (Å²) in [5, 5.41) is 3.68. The van der Waals surface area contributed by atoms with Crippen LogP contribution in [0.3, 0.4) is 0 Å². The van der Waals surface area contributed by atoms with E-state index in [0.29, 0.717) is 18.0 Å². The minimum atomic E-state index is -0.477. The van der Waals surface area contributed by atoms with Gasteiger partial charge in [-0.25, -0.2) is 0 Å². The molecular weight excluding hydrogens is 310 g/mol. The molecule has 120 valence electrons. The molecule has 0 aliphatic carbocycles. The van der Waals surface area contributed by atoms with E-state index in [4.69, 9.17) is 16.3 Å². The number of hydrogen-bond acceptors (Lipinski definition) is 2. The average molecular weight is 330 g/mol. The molecule has 3 nitrogen and oxygen atoms in total. The predicted molar refractivity (Wildman–Crippen MR) is 92.0 cm³/mol. The summed E-state index contributed by atoms with van der Waals surface area (Å²) >= 11 is 5.98. The smallest absolute Gasteiger partial charge is 0.261 e. The highest BCUT2D eigenvalue weighted by Crippen LogP contribution is 2.31. The van der Waals surface area contributed by atoms with E-state index in [9.17, 15) is 4.79 Å². The molecule has 1 aliphatic heterocycles. The van der Waals surface area contributed by atoms with Crippen LogP contribution in [0.2, 0.25) is 5.02 Å². The van der Waals surface area contributed by atoms with Crippen molar-refractivity contribution in [1.29, 1.82) is 0 Å². The second-order valence-electron chi connectivity index (χ2n) is 6.53. The molecule has 1 unspecified atom stereocenters. The van der Waals surface area contributed by atoms with Crippen LogP contribution < -0.4 is 10.1 Å². The van der Waals surface area contributed by atoms with Crippen molar-refractivity contribution in [3.05, 3.63) is 64.7 Å². The summed E-state index contributed by atoms with van der Waals surface area (Å²) in [6, 6.07) is 15.6. The molecule has 23 heavy (non-hydrogen) atoms. The van der Waals surface area contributed by atoms with Crippen molar-refractivity contribution in [1.82, 2.24) is 5.32 Å². The Hall–Kier alpha value is -2.00. The van der Waals surface area contributed by atoms with Crippen molar-refractivity contribution in [2.45, 2.75) is 31.8 Å². The fraction of sp³-hybridized carbons (Fsp3) is 0.316. The lowest BCUT2D eigenvalue weighted by molar-refractivity contribution is -0.127. The molecule has 1 aliphatic rings. The second kappa shape index (κ2) is 6.25. The second-order valence-corrected chi connectivity index (χ2v) is 6.97. The highest BCUT2D eigenvalue weighted by Gasteiger charge is 2.30. The number of halogens is 1. The number of nitrogens with one attached hydrogen (secondary N) is 1. The van der Waals surface area contributed by atoms with Crippen LogP contribution in [-0.2, 0) is 16.6 Å². The van der Waals surface area contributed by atoms with Gasteiger partial charge in [-0.15, -0.1) is 0 Å². The van der Waals surface area contributed by atoms with Crippen molar-refractivity contribution < 1.29 is 9.53 Å². The van der Waals surface area contributed by atoms with Gasteiger partial charge in [0.05, 0.1) is 0 Å². The lowest BCUT2D eigenvalue weighted by Crippen LogP contribution is -2.43. The van der Waals surface area contributed by atoms with Crippen molar-refractivity contribution >= 4 is 17.5 Å². The number of rotatable bonds is 4. The Bertz CT molecular complexity index is 713. The van der Waals surface area contributed by atoms with E-state index in [1.54, 1.807) is 6.07 Å². The first kappa shape index (κ1) is 15.9. The minimum absolute atomic E-state index is 0.0821. The third-order valence-electron chi connectivity index (χ3n) is 4.25. The highest BCUT2D eigenvalue weighted by molar-refractivity contribution is 6.30. The Labute approximate surface area is 141 Å². The number of benzene rings is 2. The molecule has 1 N–H and O–H groups in total. The third kappa shape index (κ3) is 3.50. The SMILES string of the molecule is CC(C)(CNC(=O)C1Cc2cc(Cl)ccc2O1)c1ccccc1. The minimum Gasteiger partial charge on any atom is -0.480 e. The Morgan fingerprint density at radius 1 is 1.26 bits per heavy atom. The number of hydrogen-bond donors (Lipinski definition) is 1. The monoisotopic (exact) mass is 329 g/mol. The van der Waals surface area contributed by atoms with E-state index in [0.717, 1.165) is 11.3 Å². The van der Waals surface area contributed by atoms with Gasteiger partial charge in [0.1, 0.15) is 5.75 Å². The summed E-state index contributed by atoms with van der Waals surface area (Å²) in [7, 11) is 0. The quantitative estimate of drug-likeness (QED) is 0.928. The van der Waals surface area contributed by atoms with Gasteiger partial charge in [-0.1, -0.05) is 55.8 Å². The normalized spacial score (nSPS) is 16.6. The molecule has 0 radical (unpaired) electrons. The van der Waals surface area contributed by atoms with Gasteiger partial charge in [0.25, 0.3) is 5.91 Å². The molecule has 4 heteroatoms. The molecule has 2 aromatic rings. The molecular formula is C19H20ClNO2. The zero-order chi connectivity index (χ0) is 16.4. The maximum Gasteiger partial charge on any atom is 0.261 e. The molecule has 0 spiro atoms. The fourth-order valence-corrected chi connectivity index (χ4v) is 2.97. The van der Waals surface area contributed by atoms with Crippen LogP contribution in [0, 0.1) is 0 Å². The van der Waals surface area contributed by atoms with Crippen molar-refractivity contribution in [2.24, 2.45) is 0 Å². The summed E-state index contributed by atoms with van der Waals surface area (Å²) in [4.78, 5) is 12.4. The number of fused-ring (bicyclic) bond motifs is 1. The van der Waals surface area contributed by atoms with Crippen LogP contribution in [0.5, 0.6) is 5.75 Å². The van der Waals surface area contributed by atoms with E-state index >= 15 is 0 Å². The van der Waals surface area contributed by atoms with Gasteiger partial charge in [-0.05, 0) is 29.3 Å². The van der Waals surface area contributed by atoms with Gasteiger partial charge >= 0.3 is 0 Å². The van der Waals surface area contributed by atoms with Gasteiger partial charge in [-0.3, -0.25) is 4.79 Å². The lowest BCUT2D eigenvalue weighted by Gasteiger charge is -2.26. The summed E-state index contributed by atoms with van der Waals surface area (Å²) in [5.41, 5.74) is 2.05. The first-order valence-electron chi connectivity index (χ1n) is 7.74. The Balaban J connectivity index is 1.61. The number of amides is 1. The van der Waals surface area contributed by atoms with E-state index in [2.05, 4.69) is 31.3 Å². The molecule has 0 aromatic heterocycles. The van der Waals surface area contributed by atoms with E-state index < -0.39 is 6.10 Å². The van der Waals surface area contributed by atoms with Gasteiger partial charge in [0.15, 0.2) is 6.10 Å². The van der Waals surface area contributed by atoms with Gasteiger partial charge in [0.2, 0.25) is 0 Å².